The van der Waals surface area contributed by atoms with Gasteiger partial charge in [0.05, 0.1) is 12.2 Å². The van der Waals surface area contributed by atoms with Crippen LogP contribution < -0.4 is 5.32 Å². The van der Waals surface area contributed by atoms with Gasteiger partial charge in [-0.2, -0.15) is 4.98 Å². The second-order valence-corrected chi connectivity index (χ2v) is 6.29. The molecule has 23 heavy (non-hydrogen) atoms. The van der Waals surface area contributed by atoms with Crippen molar-refractivity contribution in [3.8, 4) is 21.6 Å². The van der Waals surface area contributed by atoms with E-state index in [2.05, 4.69) is 42.4 Å². The van der Waals surface area contributed by atoms with Crippen LogP contribution >= 0.6 is 11.3 Å². The van der Waals surface area contributed by atoms with E-state index < -0.39 is 0 Å². The fourth-order valence-corrected chi connectivity index (χ4v) is 3.24. The van der Waals surface area contributed by atoms with Gasteiger partial charge in [-0.25, -0.2) is 15.0 Å². The molecule has 0 amide bonds. The Morgan fingerprint density at radius 1 is 1.30 bits per heavy atom. The first-order valence-electron chi connectivity index (χ1n) is 7.29. The van der Waals surface area contributed by atoms with Gasteiger partial charge in [-0.3, -0.25) is 4.90 Å². The Bertz CT molecular complexity index is 787. The first kappa shape index (κ1) is 14.4. The highest BCUT2D eigenvalue weighted by Crippen LogP contribution is 2.30. The topological polar surface area (TPSA) is 92.9 Å². The van der Waals surface area contributed by atoms with Crippen LogP contribution in [0.4, 0.5) is 0 Å². The van der Waals surface area contributed by atoms with Gasteiger partial charge in [0.15, 0.2) is 16.7 Å². The maximum Gasteiger partial charge on any atom is 0.269 e. The third-order valence-electron chi connectivity index (χ3n) is 3.72. The van der Waals surface area contributed by atoms with Crippen molar-refractivity contribution in [1.29, 1.82) is 0 Å². The summed E-state index contributed by atoms with van der Waals surface area (Å²) in [6.45, 7) is 2.76. The molecule has 0 bridgehead atoms. The molecule has 0 radical (unpaired) electrons. The summed E-state index contributed by atoms with van der Waals surface area (Å²) in [5, 5.41) is 8.21. The average molecular weight is 329 g/mol. The van der Waals surface area contributed by atoms with E-state index in [1.807, 2.05) is 0 Å². The van der Waals surface area contributed by atoms with Crippen LogP contribution in [0.2, 0.25) is 0 Å². The molecule has 9 heteroatoms. The maximum atomic E-state index is 5.42. The third kappa shape index (κ3) is 2.85. The number of rotatable bonds is 3. The van der Waals surface area contributed by atoms with Crippen molar-refractivity contribution in [3.63, 3.8) is 0 Å². The van der Waals surface area contributed by atoms with E-state index in [9.17, 15) is 0 Å². The summed E-state index contributed by atoms with van der Waals surface area (Å²) < 4.78 is 5.42. The lowest BCUT2D eigenvalue weighted by atomic mass is 10.2. The van der Waals surface area contributed by atoms with Gasteiger partial charge in [-0.15, -0.1) is 11.3 Å². The molecule has 4 rings (SSSR count). The molecule has 1 unspecified atom stereocenters. The molecule has 1 aliphatic heterocycles. The molecule has 0 aromatic carbocycles. The number of hydrogen-bond donors (Lipinski definition) is 1. The van der Waals surface area contributed by atoms with Crippen LogP contribution in [-0.2, 0) is 0 Å². The van der Waals surface area contributed by atoms with E-state index in [0.717, 1.165) is 29.5 Å². The number of hydrogen-bond acceptors (Lipinski definition) is 9. The lowest BCUT2D eigenvalue weighted by molar-refractivity contribution is 0.190. The van der Waals surface area contributed by atoms with Crippen molar-refractivity contribution >= 4 is 11.3 Å². The Balaban J connectivity index is 1.59. The van der Waals surface area contributed by atoms with Gasteiger partial charge in [0.25, 0.3) is 5.89 Å². The van der Waals surface area contributed by atoms with Gasteiger partial charge in [-0.1, -0.05) is 5.16 Å². The van der Waals surface area contributed by atoms with Crippen LogP contribution in [-0.4, -0.2) is 56.7 Å². The number of nitrogens with one attached hydrogen (secondary N) is 1. The Morgan fingerprint density at radius 3 is 3.00 bits per heavy atom. The molecule has 1 aliphatic rings. The Hall–Kier alpha value is -2.23. The summed E-state index contributed by atoms with van der Waals surface area (Å²) in [6, 6.07) is 1.91. The second-order valence-electron chi connectivity index (χ2n) is 5.26. The molecule has 3 aromatic heterocycles. The minimum Gasteiger partial charge on any atom is -0.333 e. The number of aromatic nitrogens is 5. The average Bonchev–Trinajstić information content (AvgIpc) is 3.25. The predicted octanol–water partition coefficient (Wildman–Crippen LogP) is 1.23. The molecule has 1 atom stereocenters. The first-order chi connectivity index (χ1) is 11.3. The van der Waals surface area contributed by atoms with Gasteiger partial charge in [0, 0.05) is 32.0 Å². The van der Waals surface area contributed by atoms with E-state index in [4.69, 9.17) is 4.52 Å². The quantitative estimate of drug-likeness (QED) is 0.767. The van der Waals surface area contributed by atoms with Gasteiger partial charge < -0.3 is 9.84 Å². The zero-order chi connectivity index (χ0) is 15.6. The molecular formula is C14H15N7OS. The molecule has 1 saturated heterocycles. The number of nitrogens with zero attached hydrogens (tertiary/aromatic N) is 6. The standard InChI is InChI=1S/C14H15N7OS/c1-21-6-5-15-7-9(21)11-19-13(22-20-11)10-8-18-14(23-10)12-16-3-2-4-17-12/h2-4,8-9,15H,5-7H2,1H3. The van der Waals surface area contributed by atoms with Crippen LogP contribution in [0.1, 0.15) is 11.9 Å². The Morgan fingerprint density at radius 2 is 2.17 bits per heavy atom. The summed E-state index contributed by atoms with van der Waals surface area (Å²) in [7, 11) is 2.07. The fraction of sp³-hybridized carbons (Fsp3) is 0.357. The molecule has 118 valence electrons. The van der Waals surface area contributed by atoms with Gasteiger partial charge >= 0.3 is 0 Å². The van der Waals surface area contributed by atoms with Crippen molar-refractivity contribution in [2.75, 3.05) is 26.7 Å². The molecule has 8 nitrogen and oxygen atoms in total. The van der Waals surface area contributed by atoms with Crippen molar-refractivity contribution in [3.05, 3.63) is 30.5 Å². The number of thiazole rings is 1. The van der Waals surface area contributed by atoms with Crippen LogP contribution in [0.15, 0.2) is 29.2 Å². The van der Waals surface area contributed by atoms with Gasteiger partial charge in [0.1, 0.15) is 4.88 Å². The molecule has 3 aromatic rings. The van der Waals surface area contributed by atoms with Gasteiger partial charge in [-0.05, 0) is 13.1 Å². The summed E-state index contributed by atoms with van der Waals surface area (Å²) >= 11 is 1.44. The van der Waals surface area contributed by atoms with Crippen molar-refractivity contribution in [2.24, 2.45) is 0 Å². The van der Waals surface area contributed by atoms with Crippen molar-refractivity contribution in [1.82, 2.24) is 35.3 Å². The minimum atomic E-state index is 0.131. The van der Waals surface area contributed by atoms with E-state index in [0.29, 0.717) is 17.5 Å². The SMILES string of the molecule is CN1CCNCC1c1noc(-c2cnc(-c3ncccn3)s2)n1. The molecule has 0 aliphatic carbocycles. The molecule has 4 heterocycles. The lowest BCUT2D eigenvalue weighted by Crippen LogP contribution is -2.44. The van der Waals surface area contributed by atoms with Crippen LogP contribution in [0.25, 0.3) is 21.6 Å². The molecule has 0 saturated carbocycles. The van der Waals surface area contributed by atoms with Crippen molar-refractivity contribution in [2.45, 2.75) is 6.04 Å². The monoisotopic (exact) mass is 329 g/mol. The Kier molecular flexibility index (Phi) is 3.82. The highest BCUT2D eigenvalue weighted by atomic mass is 32.1. The number of piperazine rings is 1. The first-order valence-corrected chi connectivity index (χ1v) is 8.11. The summed E-state index contributed by atoms with van der Waals surface area (Å²) in [6.07, 6.45) is 5.11. The zero-order valence-corrected chi connectivity index (χ0v) is 13.3. The van der Waals surface area contributed by atoms with E-state index in [1.54, 1.807) is 24.7 Å². The van der Waals surface area contributed by atoms with E-state index >= 15 is 0 Å². The second kappa shape index (κ2) is 6.11. The molecule has 0 spiro atoms. The summed E-state index contributed by atoms with van der Waals surface area (Å²) in [4.78, 5) is 20.3. The Labute approximate surface area is 136 Å². The van der Waals surface area contributed by atoms with Crippen LogP contribution in [0.3, 0.4) is 0 Å². The molecule has 1 fully saturated rings. The highest BCUT2D eigenvalue weighted by Gasteiger charge is 2.26. The molecule has 1 N–H and O–H groups in total. The normalized spacial score (nSPS) is 19.1. The largest absolute Gasteiger partial charge is 0.333 e. The maximum absolute atomic E-state index is 5.42. The van der Waals surface area contributed by atoms with Crippen LogP contribution in [0, 0.1) is 0 Å². The minimum absolute atomic E-state index is 0.131. The van der Waals surface area contributed by atoms with E-state index in [1.165, 1.54) is 11.3 Å². The van der Waals surface area contributed by atoms with E-state index in [-0.39, 0.29) is 6.04 Å². The van der Waals surface area contributed by atoms with Crippen LogP contribution in [0.5, 0.6) is 0 Å². The summed E-state index contributed by atoms with van der Waals surface area (Å²) in [5.41, 5.74) is 0. The third-order valence-corrected chi connectivity index (χ3v) is 4.71. The number of likely N-dealkylation sites (N-methyl/N-ethyl adjacent to an activating group) is 1. The van der Waals surface area contributed by atoms with Crippen molar-refractivity contribution < 1.29 is 4.52 Å². The summed E-state index contributed by atoms with van der Waals surface area (Å²) in [5.74, 6) is 1.78. The smallest absolute Gasteiger partial charge is 0.269 e. The fourth-order valence-electron chi connectivity index (χ4n) is 2.45. The molecular weight excluding hydrogens is 314 g/mol. The lowest BCUT2D eigenvalue weighted by Gasteiger charge is -2.30. The predicted molar refractivity (Wildman–Crippen MR) is 84.7 cm³/mol. The van der Waals surface area contributed by atoms with Gasteiger partial charge in [0.2, 0.25) is 0 Å². The highest BCUT2D eigenvalue weighted by molar-refractivity contribution is 7.18. The zero-order valence-electron chi connectivity index (χ0n) is 12.5.